The van der Waals surface area contributed by atoms with Crippen molar-refractivity contribution >= 4 is 21.6 Å². The van der Waals surface area contributed by atoms with Gasteiger partial charge in [0.2, 0.25) is 10.0 Å². The number of hydrogen-bond acceptors (Lipinski definition) is 3. The molecule has 114 valence electrons. The first-order valence-electron chi connectivity index (χ1n) is 6.86. The Bertz CT molecular complexity index is 488. The van der Waals surface area contributed by atoms with Crippen LogP contribution in [0.15, 0.2) is 24.3 Å². The molecule has 0 saturated carbocycles. The number of halogens is 1. The van der Waals surface area contributed by atoms with Crippen LogP contribution in [0.1, 0.15) is 37.8 Å². The summed E-state index contributed by atoms with van der Waals surface area (Å²) in [5.74, 6) is 0. The van der Waals surface area contributed by atoms with E-state index in [0.29, 0.717) is 6.54 Å². The fourth-order valence-electron chi connectivity index (χ4n) is 1.99. The summed E-state index contributed by atoms with van der Waals surface area (Å²) in [6.45, 7) is 3.39. The van der Waals surface area contributed by atoms with Crippen LogP contribution in [0.4, 0.5) is 0 Å². The van der Waals surface area contributed by atoms with E-state index in [9.17, 15) is 8.42 Å². The molecule has 1 aromatic carbocycles. The van der Waals surface area contributed by atoms with E-state index in [2.05, 4.69) is 17.0 Å². The van der Waals surface area contributed by atoms with Crippen molar-refractivity contribution in [1.29, 1.82) is 0 Å². The first-order chi connectivity index (χ1) is 9.42. The molecule has 0 radical (unpaired) electrons. The predicted octanol–water partition coefficient (Wildman–Crippen LogP) is 2.71. The minimum absolute atomic E-state index is 0.288. The molecular formula is C14H23ClN2O2S. The maximum atomic E-state index is 10.9. The molecule has 1 unspecified atom stereocenters. The fraction of sp³-hybridized carbons (Fsp3) is 0.571. The molecule has 20 heavy (non-hydrogen) atoms. The molecule has 0 heterocycles. The zero-order chi connectivity index (χ0) is 15.0. The van der Waals surface area contributed by atoms with Crippen molar-refractivity contribution in [2.75, 3.05) is 19.3 Å². The van der Waals surface area contributed by atoms with Gasteiger partial charge < -0.3 is 5.32 Å². The lowest BCUT2D eigenvalue weighted by Gasteiger charge is -2.18. The Hall–Kier alpha value is -0.620. The van der Waals surface area contributed by atoms with Crippen LogP contribution in [-0.2, 0) is 10.0 Å². The van der Waals surface area contributed by atoms with Crippen LogP contribution < -0.4 is 10.0 Å². The van der Waals surface area contributed by atoms with Gasteiger partial charge in [-0.05, 0) is 37.1 Å². The van der Waals surface area contributed by atoms with Gasteiger partial charge in [0, 0.05) is 17.6 Å². The molecule has 0 saturated heterocycles. The highest BCUT2D eigenvalue weighted by Gasteiger charge is 2.09. The van der Waals surface area contributed by atoms with Gasteiger partial charge in [0.05, 0.1) is 6.26 Å². The van der Waals surface area contributed by atoms with Crippen LogP contribution in [0.2, 0.25) is 5.02 Å². The maximum Gasteiger partial charge on any atom is 0.208 e. The standard InChI is InChI=1S/C14H23ClN2O2S/c1-3-5-14(12-6-8-13(15)9-7-12)16-10-4-11-17-20(2,18)19/h6-9,14,16-17H,3-5,10-11H2,1-2H3. The second-order valence-corrected chi connectivity index (χ2v) is 7.14. The Labute approximate surface area is 127 Å². The molecule has 2 N–H and O–H groups in total. The Morgan fingerprint density at radius 1 is 1.20 bits per heavy atom. The van der Waals surface area contributed by atoms with Crippen LogP contribution in [0.25, 0.3) is 0 Å². The second kappa shape index (κ2) is 8.62. The van der Waals surface area contributed by atoms with E-state index in [1.807, 2.05) is 24.3 Å². The third kappa shape index (κ3) is 7.24. The molecule has 0 aliphatic rings. The summed E-state index contributed by atoms with van der Waals surface area (Å²) in [4.78, 5) is 0. The lowest BCUT2D eigenvalue weighted by Crippen LogP contribution is -2.28. The lowest BCUT2D eigenvalue weighted by molar-refractivity contribution is 0.486. The van der Waals surface area contributed by atoms with Gasteiger partial charge in [-0.2, -0.15) is 0 Å². The third-order valence-corrected chi connectivity index (χ3v) is 3.94. The summed E-state index contributed by atoms with van der Waals surface area (Å²) in [5, 5.41) is 4.20. The highest BCUT2D eigenvalue weighted by Crippen LogP contribution is 2.20. The van der Waals surface area contributed by atoms with Gasteiger partial charge in [0.1, 0.15) is 0 Å². The van der Waals surface area contributed by atoms with E-state index in [4.69, 9.17) is 11.6 Å². The highest BCUT2D eigenvalue weighted by atomic mass is 35.5. The highest BCUT2D eigenvalue weighted by molar-refractivity contribution is 7.88. The molecule has 1 atom stereocenters. The van der Waals surface area contributed by atoms with Gasteiger partial charge in [-0.15, -0.1) is 0 Å². The van der Waals surface area contributed by atoms with Crippen molar-refractivity contribution in [3.8, 4) is 0 Å². The van der Waals surface area contributed by atoms with Crippen LogP contribution in [0, 0.1) is 0 Å². The molecule has 1 rings (SSSR count). The predicted molar refractivity (Wildman–Crippen MR) is 84.6 cm³/mol. The van der Waals surface area contributed by atoms with E-state index >= 15 is 0 Å². The quantitative estimate of drug-likeness (QED) is 0.688. The van der Waals surface area contributed by atoms with Crippen LogP contribution in [0.3, 0.4) is 0 Å². The van der Waals surface area contributed by atoms with Crippen molar-refractivity contribution in [3.05, 3.63) is 34.9 Å². The van der Waals surface area contributed by atoms with E-state index < -0.39 is 10.0 Å². The average molecular weight is 319 g/mol. The molecule has 0 aliphatic heterocycles. The van der Waals surface area contributed by atoms with Crippen molar-refractivity contribution in [3.63, 3.8) is 0 Å². The summed E-state index contributed by atoms with van der Waals surface area (Å²) in [7, 11) is -3.08. The first-order valence-corrected chi connectivity index (χ1v) is 9.13. The van der Waals surface area contributed by atoms with Gasteiger partial charge >= 0.3 is 0 Å². The first kappa shape index (κ1) is 17.4. The summed E-state index contributed by atoms with van der Waals surface area (Å²) in [6.07, 6.45) is 4.07. The molecule has 4 nitrogen and oxygen atoms in total. The molecule has 0 bridgehead atoms. The monoisotopic (exact) mass is 318 g/mol. The number of hydrogen-bond donors (Lipinski definition) is 2. The molecule has 0 spiro atoms. The van der Waals surface area contributed by atoms with Gasteiger partial charge in [0.15, 0.2) is 0 Å². The summed E-state index contributed by atoms with van der Waals surface area (Å²) < 4.78 is 24.4. The summed E-state index contributed by atoms with van der Waals surface area (Å²) >= 11 is 5.90. The van der Waals surface area contributed by atoms with Crippen molar-refractivity contribution in [1.82, 2.24) is 10.0 Å². The van der Waals surface area contributed by atoms with Gasteiger partial charge in [-0.3, -0.25) is 0 Å². The van der Waals surface area contributed by atoms with Crippen LogP contribution >= 0.6 is 11.6 Å². The number of benzene rings is 1. The van der Waals surface area contributed by atoms with E-state index in [0.717, 1.165) is 30.8 Å². The fourth-order valence-corrected chi connectivity index (χ4v) is 2.63. The number of nitrogens with one attached hydrogen (secondary N) is 2. The van der Waals surface area contributed by atoms with E-state index in [1.54, 1.807) is 0 Å². The van der Waals surface area contributed by atoms with Crippen molar-refractivity contribution in [2.24, 2.45) is 0 Å². The second-order valence-electron chi connectivity index (χ2n) is 4.87. The maximum absolute atomic E-state index is 10.9. The third-order valence-electron chi connectivity index (χ3n) is 2.96. The van der Waals surface area contributed by atoms with Crippen LogP contribution in [0.5, 0.6) is 0 Å². The number of sulfonamides is 1. The minimum atomic E-state index is -3.08. The average Bonchev–Trinajstić information content (AvgIpc) is 2.37. The molecule has 0 aliphatic carbocycles. The Morgan fingerprint density at radius 3 is 2.40 bits per heavy atom. The van der Waals surface area contributed by atoms with E-state index in [1.165, 1.54) is 11.8 Å². The lowest BCUT2D eigenvalue weighted by atomic mass is 10.0. The summed E-state index contributed by atoms with van der Waals surface area (Å²) in [6, 6.07) is 8.14. The largest absolute Gasteiger partial charge is 0.310 e. The normalized spacial score (nSPS) is 13.3. The van der Waals surface area contributed by atoms with Crippen LogP contribution in [-0.4, -0.2) is 27.8 Å². The molecule has 1 aromatic rings. The molecular weight excluding hydrogens is 296 g/mol. The Kier molecular flexibility index (Phi) is 7.51. The molecule has 0 fully saturated rings. The van der Waals surface area contributed by atoms with Gasteiger partial charge in [-0.25, -0.2) is 13.1 Å². The van der Waals surface area contributed by atoms with Gasteiger partial charge in [-0.1, -0.05) is 37.1 Å². The topological polar surface area (TPSA) is 58.2 Å². The van der Waals surface area contributed by atoms with Gasteiger partial charge in [0.25, 0.3) is 0 Å². The smallest absolute Gasteiger partial charge is 0.208 e. The zero-order valence-corrected chi connectivity index (χ0v) is 13.6. The van der Waals surface area contributed by atoms with E-state index in [-0.39, 0.29) is 6.04 Å². The molecule has 0 aromatic heterocycles. The summed E-state index contributed by atoms with van der Waals surface area (Å²) in [5.41, 5.74) is 1.22. The SMILES string of the molecule is CCCC(NCCCNS(C)(=O)=O)c1ccc(Cl)cc1. The zero-order valence-electron chi connectivity index (χ0n) is 12.0. The van der Waals surface area contributed by atoms with Crippen molar-refractivity contribution < 1.29 is 8.42 Å². The Balaban J connectivity index is 2.41. The Morgan fingerprint density at radius 2 is 1.85 bits per heavy atom. The number of rotatable bonds is 9. The molecule has 6 heteroatoms. The molecule has 0 amide bonds. The van der Waals surface area contributed by atoms with Crippen molar-refractivity contribution in [2.45, 2.75) is 32.2 Å². The minimum Gasteiger partial charge on any atom is -0.310 e.